The quantitative estimate of drug-likeness (QED) is 0.179. The number of carboxylic acids is 1. The van der Waals surface area contributed by atoms with Gasteiger partial charge in [0, 0.05) is 12.5 Å². The molecule has 4 aliphatic carbocycles. The number of ether oxygens (including phenoxy) is 2. The lowest BCUT2D eigenvalue weighted by Gasteiger charge is -2.69. The monoisotopic (exact) mass is 634 g/mol. The molecule has 7 heteroatoms. The zero-order chi connectivity index (χ0) is 33.8. The zero-order valence-corrected chi connectivity index (χ0v) is 29.0. The van der Waals surface area contributed by atoms with Crippen LogP contribution in [0.1, 0.15) is 116 Å². The van der Waals surface area contributed by atoms with E-state index in [2.05, 4.69) is 27.7 Å². The predicted octanol–water partition coefficient (Wildman–Crippen LogP) is 7.84. The number of aliphatic hydroxyl groups excluding tert-OH is 1. The van der Waals surface area contributed by atoms with E-state index in [1.165, 1.54) is 6.92 Å². The number of hydrogen-bond acceptors (Lipinski definition) is 6. The fourth-order valence-electron chi connectivity index (χ4n) is 10.8. The Kier molecular flexibility index (Phi) is 9.42. The molecule has 4 saturated carbocycles. The Morgan fingerprint density at radius 1 is 0.978 bits per heavy atom. The van der Waals surface area contributed by atoms with E-state index >= 15 is 0 Å². The maximum Gasteiger partial charge on any atom is 0.338 e. The highest BCUT2D eigenvalue weighted by atomic mass is 16.5. The number of hydrogen-bond donors (Lipinski definition) is 2. The maximum atomic E-state index is 13.1. The molecule has 0 spiro atoms. The molecule has 1 aromatic carbocycles. The molecule has 4 aliphatic rings. The molecule has 5 rings (SSSR count). The number of carboxylic acid groups (broad SMARTS) is 1. The molecule has 0 amide bonds. The van der Waals surface area contributed by atoms with Crippen molar-refractivity contribution in [3.63, 3.8) is 0 Å². The number of aliphatic carboxylic acids is 1. The summed E-state index contributed by atoms with van der Waals surface area (Å²) in [7, 11) is 0. The second kappa shape index (κ2) is 12.6. The van der Waals surface area contributed by atoms with Gasteiger partial charge in [0.15, 0.2) is 0 Å². The van der Waals surface area contributed by atoms with Crippen LogP contribution >= 0.6 is 0 Å². The Morgan fingerprint density at radius 2 is 1.65 bits per heavy atom. The number of aryl methyl sites for hydroxylation is 1. The van der Waals surface area contributed by atoms with Crippen molar-refractivity contribution in [1.29, 1.82) is 0 Å². The lowest BCUT2D eigenvalue weighted by atomic mass is 9.36. The smallest absolute Gasteiger partial charge is 0.338 e. The first-order chi connectivity index (χ1) is 21.5. The minimum atomic E-state index is -0.969. The van der Waals surface area contributed by atoms with Crippen molar-refractivity contribution < 1.29 is 34.1 Å². The van der Waals surface area contributed by atoms with Gasteiger partial charge >= 0.3 is 17.9 Å². The highest BCUT2D eigenvalue weighted by Crippen LogP contribution is 2.74. The third kappa shape index (κ3) is 5.75. The summed E-state index contributed by atoms with van der Waals surface area (Å²) in [5, 5.41) is 22.7. The minimum Gasteiger partial charge on any atom is -0.478 e. The lowest BCUT2D eigenvalue weighted by Crippen LogP contribution is -2.65. The highest BCUT2D eigenvalue weighted by Gasteiger charge is 2.71. The fourth-order valence-corrected chi connectivity index (χ4v) is 10.8. The van der Waals surface area contributed by atoms with E-state index in [1.807, 2.05) is 51.1 Å². The Morgan fingerprint density at radius 3 is 2.26 bits per heavy atom. The molecular weight excluding hydrogens is 580 g/mol. The van der Waals surface area contributed by atoms with E-state index in [4.69, 9.17) is 9.47 Å². The van der Waals surface area contributed by atoms with Crippen LogP contribution in [0.4, 0.5) is 0 Å². The molecule has 0 radical (unpaired) electrons. The Balaban J connectivity index is 1.47. The molecule has 2 N–H and O–H groups in total. The van der Waals surface area contributed by atoms with Gasteiger partial charge in [-0.05, 0) is 130 Å². The van der Waals surface area contributed by atoms with Gasteiger partial charge in [-0.25, -0.2) is 9.59 Å². The number of esters is 2. The van der Waals surface area contributed by atoms with Crippen LogP contribution in [0.15, 0.2) is 47.1 Å². The summed E-state index contributed by atoms with van der Waals surface area (Å²) in [5.41, 5.74) is 2.97. The van der Waals surface area contributed by atoms with Gasteiger partial charge in [0.05, 0.1) is 11.7 Å². The molecule has 1 unspecified atom stereocenters. The number of fused-ring (bicyclic) bond motifs is 5. The Labute approximate surface area is 274 Å². The number of allylic oxidation sites excluding steroid dienone is 2. The molecule has 4 fully saturated rings. The van der Waals surface area contributed by atoms with E-state index in [-0.39, 0.29) is 52.0 Å². The van der Waals surface area contributed by atoms with Gasteiger partial charge in [0.1, 0.15) is 12.2 Å². The Hall–Kier alpha value is -2.93. The van der Waals surface area contributed by atoms with Crippen molar-refractivity contribution in [2.75, 3.05) is 0 Å². The van der Waals surface area contributed by atoms with E-state index < -0.39 is 24.1 Å². The number of aliphatic hydroxyl groups is 1. The molecule has 7 nitrogen and oxygen atoms in total. The second-order valence-corrected chi connectivity index (χ2v) is 15.9. The van der Waals surface area contributed by atoms with Crippen molar-refractivity contribution in [2.24, 2.45) is 39.9 Å². The zero-order valence-electron chi connectivity index (χ0n) is 29.0. The Bertz CT molecular complexity index is 1420. The van der Waals surface area contributed by atoms with Gasteiger partial charge in [-0.1, -0.05) is 57.0 Å². The fraction of sp³-hybridized carbons (Fsp3) is 0.667. The molecule has 0 bridgehead atoms. The third-order valence-corrected chi connectivity index (χ3v) is 13.1. The predicted molar refractivity (Wildman–Crippen MR) is 177 cm³/mol. The van der Waals surface area contributed by atoms with Gasteiger partial charge < -0.3 is 19.7 Å². The van der Waals surface area contributed by atoms with Crippen molar-refractivity contribution in [2.45, 2.75) is 125 Å². The highest BCUT2D eigenvalue weighted by molar-refractivity contribution is 5.89. The number of benzene rings is 1. The van der Waals surface area contributed by atoms with Gasteiger partial charge in [-0.2, -0.15) is 0 Å². The summed E-state index contributed by atoms with van der Waals surface area (Å²) >= 11 is 0. The molecule has 0 aromatic heterocycles. The summed E-state index contributed by atoms with van der Waals surface area (Å²) in [6.07, 6.45) is 5.94. The standard InChI is InChI=1S/C39H54O7/c1-22(2)10-9-11-27(35(42)43)33-29-20-30(41)34-37(6)18-17-31(46-36(44)26-14-12-23(3)13-15-26)24(4)28(37)16-19-38(34,7)39(29,8)21-32(33)45-25(5)40/h10,12-15,24,28-32,34,41H,9,11,16-21H2,1-8H3,(H,42,43)/b33-27-/t24-,28-,29-,30+,31+,32-,34?,37-,38-,39-/m0/s1. The molecule has 10 atom stereocenters. The van der Waals surface area contributed by atoms with Gasteiger partial charge in [0.25, 0.3) is 0 Å². The van der Waals surface area contributed by atoms with E-state index in [1.54, 1.807) is 0 Å². The molecule has 1 aromatic rings. The number of rotatable bonds is 7. The largest absolute Gasteiger partial charge is 0.478 e. The van der Waals surface area contributed by atoms with Crippen LogP contribution < -0.4 is 0 Å². The summed E-state index contributed by atoms with van der Waals surface area (Å²) in [5.74, 6) is -1.48. The number of carbonyl (C=O) groups is 3. The summed E-state index contributed by atoms with van der Waals surface area (Å²) < 4.78 is 12.1. The topological polar surface area (TPSA) is 110 Å². The lowest BCUT2D eigenvalue weighted by molar-refractivity contribution is -0.234. The van der Waals surface area contributed by atoms with E-state index in [0.717, 1.165) is 36.8 Å². The molecule has 46 heavy (non-hydrogen) atoms. The average Bonchev–Trinajstić information content (AvgIpc) is 3.23. The number of carbonyl (C=O) groups excluding carboxylic acids is 2. The van der Waals surface area contributed by atoms with Crippen molar-refractivity contribution in [1.82, 2.24) is 0 Å². The summed E-state index contributed by atoms with van der Waals surface area (Å²) in [4.78, 5) is 38.3. The van der Waals surface area contributed by atoms with Crippen molar-refractivity contribution in [3.05, 3.63) is 58.2 Å². The first-order valence-electron chi connectivity index (χ1n) is 17.3. The molecular formula is C39H54O7. The van der Waals surface area contributed by atoms with Crippen LogP contribution in [-0.2, 0) is 19.1 Å². The third-order valence-electron chi connectivity index (χ3n) is 13.1. The minimum absolute atomic E-state index is 0.0209. The van der Waals surface area contributed by atoms with Crippen molar-refractivity contribution >= 4 is 17.9 Å². The van der Waals surface area contributed by atoms with Gasteiger partial charge in [0.2, 0.25) is 0 Å². The average molecular weight is 635 g/mol. The summed E-state index contributed by atoms with van der Waals surface area (Å²) in [6, 6.07) is 7.50. The first-order valence-corrected chi connectivity index (χ1v) is 17.3. The van der Waals surface area contributed by atoms with E-state index in [9.17, 15) is 24.6 Å². The van der Waals surface area contributed by atoms with Crippen LogP contribution in [-0.4, -0.2) is 46.4 Å². The SMILES string of the molecule is CC(=O)O[C@H]1C[C@@]2(C)[C@@H](C[C@@H](O)C3[C@]2(C)CC[C@H]2[C@H](C)[C@H](OC(=O)c4ccc(C)cc4)CC[C@]32C)/C1=C(\CCC=C(C)C)C(=O)O. The van der Waals surface area contributed by atoms with Crippen LogP contribution in [0.2, 0.25) is 0 Å². The van der Waals surface area contributed by atoms with Crippen molar-refractivity contribution in [3.8, 4) is 0 Å². The van der Waals surface area contributed by atoms with E-state index in [0.29, 0.717) is 42.4 Å². The molecule has 252 valence electrons. The maximum absolute atomic E-state index is 13.1. The second-order valence-electron chi connectivity index (χ2n) is 15.9. The van der Waals surface area contributed by atoms with Crippen LogP contribution in [0.5, 0.6) is 0 Å². The molecule has 0 saturated heterocycles. The first kappa shape index (κ1) is 34.4. The molecule has 0 heterocycles. The van der Waals surface area contributed by atoms with Crippen LogP contribution in [0.3, 0.4) is 0 Å². The molecule has 0 aliphatic heterocycles. The van der Waals surface area contributed by atoms with Crippen LogP contribution in [0.25, 0.3) is 0 Å². The normalized spacial score (nSPS) is 39.3. The van der Waals surface area contributed by atoms with Gasteiger partial charge in [-0.15, -0.1) is 0 Å². The van der Waals surface area contributed by atoms with Gasteiger partial charge in [-0.3, -0.25) is 4.79 Å². The summed E-state index contributed by atoms with van der Waals surface area (Å²) in [6.45, 7) is 16.5. The van der Waals surface area contributed by atoms with Crippen LogP contribution in [0, 0.1) is 46.8 Å².